The van der Waals surface area contributed by atoms with Crippen molar-refractivity contribution in [2.24, 2.45) is 12.5 Å². The largest absolute Gasteiger partial charge is 0.573 e. The second kappa shape index (κ2) is 7.39. The number of amides is 2. The number of aromatic nitrogens is 4. The molecule has 0 atom stereocenters. The van der Waals surface area contributed by atoms with Crippen molar-refractivity contribution >= 4 is 23.3 Å². The van der Waals surface area contributed by atoms with E-state index in [2.05, 4.69) is 20.1 Å². The Labute approximate surface area is 184 Å². The van der Waals surface area contributed by atoms with Crippen LogP contribution in [-0.4, -0.2) is 61.6 Å². The number of alkyl halides is 3. The molecule has 0 aromatic carbocycles. The number of halogens is 3. The number of pyridine rings is 1. The van der Waals surface area contributed by atoms with E-state index in [1.807, 2.05) is 17.8 Å². The molecule has 1 saturated carbocycles. The van der Waals surface area contributed by atoms with Gasteiger partial charge in [-0.2, -0.15) is 5.10 Å². The third-order valence-corrected chi connectivity index (χ3v) is 5.89. The van der Waals surface area contributed by atoms with E-state index < -0.39 is 18.2 Å². The number of aryl methyl sites for hydroxylation is 1. The number of rotatable bonds is 4. The van der Waals surface area contributed by atoms with Crippen molar-refractivity contribution in [2.45, 2.75) is 25.3 Å². The fraction of sp³-hybridized carbons (Fsp3) is 0.400. The molecule has 0 radical (unpaired) electrons. The molecule has 33 heavy (non-hydrogen) atoms. The van der Waals surface area contributed by atoms with Gasteiger partial charge in [-0.3, -0.25) is 15.1 Å². The molecule has 4 heterocycles. The number of anilines is 1. The summed E-state index contributed by atoms with van der Waals surface area (Å²) in [7, 11) is 1.85. The Morgan fingerprint density at radius 3 is 2.67 bits per heavy atom. The second-order valence-corrected chi connectivity index (χ2v) is 8.41. The van der Waals surface area contributed by atoms with Gasteiger partial charge < -0.3 is 18.9 Å². The Kier molecular flexibility index (Phi) is 4.72. The normalized spacial score (nSPS) is 17.5. The quantitative estimate of drug-likeness (QED) is 0.637. The van der Waals surface area contributed by atoms with Gasteiger partial charge in [-0.25, -0.2) is 9.31 Å². The van der Waals surface area contributed by atoms with Gasteiger partial charge in [0.05, 0.1) is 24.3 Å². The predicted molar refractivity (Wildman–Crippen MR) is 107 cm³/mol. The maximum atomic E-state index is 12.8. The highest BCUT2D eigenvalue weighted by Gasteiger charge is 2.55. The van der Waals surface area contributed by atoms with E-state index in [9.17, 15) is 22.8 Å². The van der Waals surface area contributed by atoms with Crippen molar-refractivity contribution in [1.82, 2.24) is 24.1 Å². The molecule has 174 valence electrons. The van der Waals surface area contributed by atoms with Gasteiger partial charge in [0, 0.05) is 44.0 Å². The number of ether oxygens (including phenoxy) is 2. The number of nitrogens with one attached hydrogen (secondary N) is 1. The molecule has 10 nitrogen and oxygen atoms in total. The average molecular weight is 464 g/mol. The summed E-state index contributed by atoms with van der Waals surface area (Å²) < 4.78 is 49.5. The molecule has 1 aliphatic heterocycles. The number of carbonyl (C=O) groups excluding carboxylic acids is 2. The molecule has 2 fully saturated rings. The van der Waals surface area contributed by atoms with Gasteiger partial charge in [-0.05, 0) is 12.8 Å². The fourth-order valence-electron chi connectivity index (χ4n) is 4.50. The Hall–Kier alpha value is -3.77. The molecule has 0 unspecified atom stereocenters. The van der Waals surface area contributed by atoms with E-state index in [4.69, 9.17) is 4.74 Å². The van der Waals surface area contributed by atoms with Crippen LogP contribution in [-0.2, 0) is 11.8 Å². The predicted octanol–water partition coefficient (Wildman–Crippen LogP) is 2.82. The zero-order chi connectivity index (χ0) is 23.4. The third kappa shape index (κ3) is 4.05. The first-order valence-electron chi connectivity index (χ1n) is 10.1. The number of hydrogen-bond donors (Lipinski definition) is 1. The van der Waals surface area contributed by atoms with Crippen molar-refractivity contribution in [2.75, 3.05) is 18.4 Å². The summed E-state index contributed by atoms with van der Waals surface area (Å²) in [6.45, 7) is 1.13. The molecule has 0 bridgehead atoms. The van der Waals surface area contributed by atoms with Crippen LogP contribution in [0.5, 0.6) is 5.75 Å². The van der Waals surface area contributed by atoms with Crippen LogP contribution in [0.4, 0.5) is 23.7 Å². The van der Waals surface area contributed by atoms with E-state index >= 15 is 0 Å². The molecular weight excluding hydrogens is 445 g/mol. The highest BCUT2D eigenvalue weighted by Crippen LogP contribution is 2.50. The van der Waals surface area contributed by atoms with Crippen LogP contribution in [0, 0.1) is 5.41 Å². The number of imidazole rings is 1. The number of nitrogens with zero attached hydrogens (tertiary/aromatic N) is 5. The molecule has 2 aliphatic rings. The van der Waals surface area contributed by atoms with Crippen molar-refractivity contribution in [1.29, 1.82) is 0 Å². The first-order chi connectivity index (χ1) is 15.6. The lowest BCUT2D eigenvalue weighted by atomic mass is 9.61. The Balaban J connectivity index is 1.10. The van der Waals surface area contributed by atoms with Crippen molar-refractivity contribution < 1.29 is 32.2 Å². The second-order valence-electron chi connectivity index (χ2n) is 8.41. The minimum absolute atomic E-state index is 0.0179. The number of hydrogen-bond acceptors (Lipinski definition) is 6. The van der Waals surface area contributed by atoms with Crippen molar-refractivity contribution in [3.63, 3.8) is 0 Å². The number of likely N-dealkylation sites (tertiary alicyclic amines) is 1. The highest BCUT2D eigenvalue weighted by atomic mass is 19.4. The van der Waals surface area contributed by atoms with Crippen LogP contribution in [0.15, 0.2) is 37.1 Å². The Morgan fingerprint density at radius 1 is 1.18 bits per heavy atom. The van der Waals surface area contributed by atoms with Gasteiger partial charge in [0.1, 0.15) is 23.1 Å². The summed E-state index contributed by atoms with van der Waals surface area (Å²) in [6.07, 6.45) is 2.45. The van der Waals surface area contributed by atoms with E-state index in [1.54, 1.807) is 21.8 Å². The van der Waals surface area contributed by atoms with Gasteiger partial charge in [0.25, 0.3) is 5.91 Å². The van der Waals surface area contributed by atoms with Crippen LogP contribution in [0.3, 0.4) is 0 Å². The van der Waals surface area contributed by atoms with Gasteiger partial charge >= 0.3 is 12.5 Å². The number of carbonyl (C=O) groups is 2. The highest BCUT2D eigenvalue weighted by molar-refractivity contribution is 6.00. The van der Waals surface area contributed by atoms with Gasteiger partial charge in [-0.15, -0.1) is 13.2 Å². The molecule has 1 spiro atoms. The van der Waals surface area contributed by atoms with Crippen LogP contribution in [0.1, 0.15) is 23.2 Å². The Bertz CT molecular complexity index is 1220. The van der Waals surface area contributed by atoms with Crippen molar-refractivity contribution in [3.05, 3.63) is 42.6 Å². The zero-order valence-electron chi connectivity index (χ0n) is 17.4. The lowest BCUT2D eigenvalue weighted by Gasteiger charge is -2.58. The van der Waals surface area contributed by atoms with Crippen molar-refractivity contribution in [3.8, 4) is 5.75 Å². The van der Waals surface area contributed by atoms with Crippen LogP contribution >= 0.6 is 0 Å². The fourth-order valence-corrected chi connectivity index (χ4v) is 4.50. The maximum absolute atomic E-state index is 12.8. The topological polar surface area (TPSA) is 103 Å². The lowest BCUT2D eigenvalue weighted by molar-refractivity contribution is -0.274. The van der Waals surface area contributed by atoms with Gasteiger partial charge in [-0.1, -0.05) is 0 Å². The van der Waals surface area contributed by atoms with E-state index in [0.717, 1.165) is 17.9 Å². The molecule has 1 saturated heterocycles. The zero-order valence-corrected chi connectivity index (χ0v) is 17.4. The minimum atomic E-state index is -4.86. The number of fused-ring (bicyclic) bond motifs is 1. The molecule has 2 amide bonds. The Morgan fingerprint density at radius 2 is 1.94 bits per heavy atom. The smallest absolute Gasteiger partial charge is 0.446 e. The van der Waals surface area contributed by atoms with E-state index in [1.165, 1.54) is 6.20 Å². The first kappa shape index (κ1) is 21.1. The summed E-state index contributed by atoms with van der Waals surface area (Å²) in [5.74, 6) is -0.638. The lowest BCUT2D eigenvalue weighted by Crippen LogP contribution is -2.65. The van der Waals surface area contributed by atoms with Crippen LogP contribution in [0.25, 0.3) is 5.65 Å². The van der Waals surface area contributed by atoms with E-state index in [0.29, 0.717) is 31.5 Å². The van der Waals surface area contributed by atoms with Gasteiger partial charge in [0.2, 0.25) is 0 Å². The summed E-state index contributed by atoms with van der Waals surface area (Å²) in [4.78, 5) is 30.3. The molecule has 1 aliphatic carbocycles. The summed E-state index contributed by atoms with van der Waals surface area (Å²) in [5.41, 5.74) is 1.20. The SMILES string of the molecule is Cn1ccn2ncc(C(=O)N3CC4(CC(OC(=O)Nc5cncc(OC(F)(F)F)c5)C4)C3)c12. The standard InChI is InChI=1S/C20H19F3N6O4/c1-27-2-3-29-16(27)15(9-25-29)17(30)28-10-19(11-28)5-14(6-19)32-18(31)26-12-4-13(8-24-7-12)33-20(21,22)23/h2-4,7-9,14H,5-6,10-11H2,1H3,(H,26,31). The molecule has 13 heteroatoms. The van der Waals surface area contributed by atoms with Crippen LogP contribution in [0.2, 0.25) is 0 Å². The molecular formula is C20H19F3N6O4. The average Bonchev–Trinajstić information content (AvgIpc) is 3.24. The molecule has 5 rings (SSSR count). The minimum Gasteiger partial charge on any atom is -0.446 e. The summed E-state index contributed by atoms with van der Waals surface area (Å²) in [6, 6.07) is 1.000. The van der Waals surface area contributed by atoms with Crippen LogP contribution < -0.4 is 10.1 Å². The first-order valence-corrected chi connectivity index (χ1v) is 10.1. The van der Waals surface area contributed by atoms with Gasteiger partial charge in [0.15, 0.2) is 0 Å². The maximum Gasteiger partial charge on any atom is 0.573 e. The third-order valence-electron chi connectivity index (χ3n) is 5.89. The summed E-state index contributed by atoms with van der Waals surface area (Å²) in [5, 5.41) is 6.54. The summed E-state index contributed by atoms with van der Waals surface area (Å²) >= 11 is 0. The molecule has 1 N–H and O–H groups in total. The molecule has 3 aromatic heterocycles. The monoisotopic (exact) mass is 464 g/mol. The molecule has 3 aromatic rings. The van der Waals surface area contributed by atoms with E-state index in [-0.39, 0.29) is 23.1 Å².